The van der Waals surface area contributed by atoms with E-state index in [0.717, 1.165) is 0 Å². The SMILES string of the molecule is CCOC(=O)[C@@H](O)[C@@]1(C)CC[C@@H]([C@@]2(C)CCC(=O)O2)O1. The second-order valence-corrected chi connectivity index (χ2v) is 5.90. The van der Waals surface area contributed by atoms with Crippen LogP contribution < -0.4 is 0 Å². The molecule has 0 saturated carbocycles. The number of esters is 2. The number of carbonyl (C=O) groups excluding carboxylic acids is 2. The average molecular weight is 286 g/mol. The minimum atomic E-state index is -1.33. The summed E-state index contributed by atoms with van der Waals surface area (Å²) in [6.45, 7) is 5.43. The van der Waals surface area contributed by atoms with E-state index in [-0.39, 0.29) is 18.7 Å². The number of aliphatic hydroxyl groups excluding tert-OH is 1. The fourth-order valence-electron chi connectivity index (χ4n) is 2.90. The van der Waals surface area contributed by atoms with Gasteiger partial charge in [0.2, 0.25) is 0 Å². The Labute approximate surface area is 118 Å². The summed E-state index contributed by atoms with van der Waals surface area (Å²) in [5.41, 5.74) is -1.65. The van der Waals surface area contributed by atoms with Crippen molar-refractivity contribution in [1.82, 2.24) is 0 Å². The molecule has 0 aliphatic carbocycles. The van der Waals surface area contributed by atoms with Crippen LogP contribution in [0.5, 0.6) is 0 Å². The highest BCUT2D eigenvalue weighted by molar-refractivity contribution is 5.76. The Bertz CT molecular complexity index is 408. The largest absolute Gasteiger partial charge is 0.464 e. The number of hydrogen-bond acceptors (Lipinski definition) is 6. The molecular weight excluding hydrogens is 264 g/mol. The third-order valence-electron chi connectivity index (χ3n) is 4.26. The molecule has 6 heteroatoms. The summed E-state index contributed by atoms with van der Waals surface area (Å²) in [6, 6.07) is 0. The quantitative estimate of drug-likeness (QED) is 0.775. The van der Waals surface area contributed by atoms with Crippen molar-refractivity contribution in [2.24, 2.45) is 0 Å². The Morgan fingerprint density at radius 3 is 2.75 bits per heavy atom. The monoisotopic (exact) mass is 286 g/mol. The molecule has 0 aromatic carbocycles. The Morgan fingerprint density at radius 2 is 2.20 bits per heavy atom. The van der Waals surface area contributed by atoms with Crippen LogP contribution in [0.15, 0.2) is 0 Å². The predicted molar refractivity (Wildman–Crippen MR) is 68.9 cm³/mol. The minimum Gasteiger partial charge on any atom is -0.464 e. The van der Waals surface area contributed by atoms with Crippen LogP contribution in [0.3, 0.4) is 0 Å². The first-order valence-electron chi connectivity index (χ1n) is 7.05. The van der Waals surface area contributed by atoms with Gasteiger partial charge in [0.1, 0.15) is 11.2 Å². The fraction of sp³-hybridized carbons (Fsp3) is 0.857. The van der Waals surface area contributed by atoms with Crippen LogP contribution in [0.1, 0.15) is 46.5 Å². The maximum atomic E-state index is 11.7. The average Bonchev–Trinajstić information content (AvgIpc) is 2.95. The lowest BCUT2D eigenvalue weighted by atomic mass is 9.91. The van der Waals surface area contributed by atoms with Crippen LogP contribution in [-0.4, -0.2) is 47.1 Å². The molecule has 2 saturated heterocycles. The molecule has 2 aliphatic rings. The van der Waals surface area contributed by atoms with Gasteiger partial charge < -0.3 is 19.3 Å². The standard InChI is InChI=1S/C14H22O6/c1-4-18-12(17)11(16)14(3)7-5-9(19-14)13(2)8-6-10(15)20-13/h9,11,16H,4-8H2,1-3H3/t9-,11+,13+,14+/m0/s1. The lowest BCUT2D eigenvalue weighted by Gasteiger charge is -2.33. The number of rotatable bonds is 4. The molecule has 20 heavy (non-hydrogen) atoms. The highest BCUT2D eigenvalue weighted by Crippen LogP contribution is 2.42. The molecular formula is C14H22O6. The van der Waals surface area contributed by atoms with Gasteiger partial charge in [-0.3, -0.25) is 4.79 Å². The Kier molecular flexibility index (Phi) is 4.07. The molecule has 4 atom stereocenters. The molecule has 114 valence electrons. The Morgan fingerprint density at radius 1 is 1.50 bits per heavy atom. The number of ether oxygens (including phenoxy) is 3. The predicted octanol–water partition coefficient (Wildman–Crippen LogP) is 0.944. The molecule has 0 amide bonds. The molecule has 6 nitrogen and oxygen atoms in total. The van der Waals surface area contributed by atoms with Crippen molar-refractivity contribution >= 4 is 11.9 Å². The van der Waals surface area contributed by atoms with Crippen molar-refractivity contribution in [3.63, 3.8) is 0 Å². The van der Waals surface area contributed by atoms with Crippen molar-refractivity contribution in [2.75, 3.05) is 6.61 Å². The Hall–Kier alpha value is -1.14. The summed E-state index contributed by atoms with van der Waals surface area (Å²) in [5.74, 6) is -0.903. The summed E-state index contributed by atoms with van der Waals surface area (Å²) in [5, 5.41) is 10.1. The van der Waals surface area contributed by atoms with Crippen molar-refractivity contribution in [3.8, 4) is 0 Å². The van der Waals surface area contributed by atoms with Crippen LogP contribution in [0.4, 0.5) is 0 Å². The lowest BCUT2D eigenvalue weighted by Crippen LogP contribution is -2.48. The van der Waals surface area contributed by atoms with E-state index in [4.69, 9.17) is 14.2 Å². The van der Waals surface area contributed by atoms with E-state index in [0.29, 0.717) is 25.7 Å². The summed E-state index contributed by atoms with van der Waals surface area (Å²) >= 11 is 0. The molecule has 2 heterocycles. The highest BCUT2D eigenvalue weighted by atomic mass is 16.6. The summed E-state index contributed by atoms with van der Waals surface area (Å²) < 4.78 is 16.1. The topological polar surface area (TPSA) is 82.1 Å². The van der Waals surface area contributed by atoms with Gasteiger partial charge in [-0.15, -0.1) is 0 Å². The zero-order valence-corrected chi connectivity index (χ0v) is 12.2. The first-order valence-corrected chi connectivity index (χ1v) is 7.05. The number of hydrogen-bond donors (Lipinski definition) is 1. The van der Waals surface area contributed by atoms with Crippen molar-refractivity contribution < 1.29 is 28.9 Å². The van der Waals surface area contributed by atoms with Gasteiger partial charge in [-0.25, -0.2) is 4.79 Å². The zero-order valence-electron chi connectivity index (χ0n) is 12.2. The third-order valence-corrected chi connectivity index (χ3v) is 4.26. The summed E-state index contributed by atoms with van der Waals surface area (Å²) in [7, 11) is 0. The van der Waals surface area contributed by atoms with Crippen molar-refractivity contribution in [2.45, 2.75) is 69.9 Å². The van der Waals surface area contributed by atoms with E-state index in [1.54, 1.807) is 13.8 Å². The normalized spacial score (nSPS) is 38.6. The fourth-order valence-corrected chi connectivity index (χ4v) is 2.90. The van der Waals surface area contributed by atoms with Crippen molar-refractivity contribution in [1.29, 1.82) is 0 Å². The van der Waals surface area contributed by atoms with Gasteiger partial charge in [0.15, 0.2) is 6.10 Å². The molecule has 0 unspecified atom stereocenters. The van der Waals surface area contributed by atoms with E-state index < -0.39 is 23.3 Å². The number of carbonyl (C=O) groups is 2. The smallest absolute Gasteiger partial charge is 0.337 e. The van der Waals surface area contributed by atoms with Crippen LogP contribution in [0.25, 0.3) is 0 Å². The van der Waals surface area contributed by atoms with Gasteiger partial charge in [-0.05, 0) is 40.0 Å². The first kappa shape index (κ1) is 15.3. The molecule has 2 rings (SSSR count). The molecule has 0 aromatic rings. The second-order valence-electron chi connectivity index (χ2n) is 5.90. The second kappa shape index (κ2) is 5.33. The molecule has 0 radical (unpaired) electrons. The van der Waals surface area contributed by atoms with Crippen LogP contribution in [0, 0.1) is 0 Å². The minimum absolute atomic E-state index is 0.213. The van der Waals surface area contributed by atoms with E-state index in [1.807, 2.05) is 6.92 Å². The summed E-state index contributed by atoms with van der Waals surface area (Å²) in [6.07, 6.45) is 0.507. The first-order chi connectivity index (χ1) is 9.31. The lowest BCUT2D eigenvalue weighted by molar-refractivity contribution is -0.189. The van der Waals surface area contributed by atoms with Gasteiger partial charge >= 0.3 is 11.9 Å². The molecule has 1 N–H and O–H groups in total. The maximum absolute atomic E-state index is 11.7. The highest BCUT2D eigenvalue weighted by Gasteiger charge is 2.53. The zero-order chi connectivity index (χ0) is 15.0. The van der Waals surface area contributed by atoms with Crippen LogP contribution in [0.2, 0.25) is 0 Å². The van der Waals surface area contributed by atoms with Gasteiger partial charge in [-0.2, -0.15) is 0 Å². The van der Waals surface area contributed by atoms with Gasteiger partial charge in [0.05, 0.1) is 12.7 Å². The summed E-state index contributed by atoms with van der Waals surface area (Å²) in [4.78, 5) is 23.0. The third kappa shape index (κ3) is 2.67. The van der Waals surface area contributed by atoms with E-state index in [2.05, 4.69) is 0 Å². The van der Waals surface area contributed by atoms with E-state index in [1.165, 1.54) is 0 Å². The van der Waals surface area contributed by atoms with Crippen molar-refractivity contribution in [3.05, 3.63) is 0 Å². The number of cyclic esters (lactones) is 1. The maximum Gasteiger partial charge on any atom is 0.337 e. The molecule has 2 fully saturated rings. The van der Waals surface area contributed by atoms with E-state index in [9.17, 15) is 14.7 Å². The molecule has 0 aromatic heterocycles. The van der Waals surface area contributed by atoms with E-state index >= 15 is 0 Å². The van der Waals surface area contributed by atoms with Gasteiger partial charge in [-0.1, -0.05) is 0 Å². The molecule has 0 bridgehead atoms. The van der Waals surface area contributed by atoms with Crippen LogP contribution >= 0.6 is 0 Å². The molecule has 2 aliphatic heterocycles. The molecule has 0 spiro atoms. The number of aliphatic hydroxyl groups is 1. The Balaban J connectivity index is 2.03. The van der Waals surface area contributed by atoms with Gasteiger partial charge in [0.25, 0.3) is 0 Å². The van der Waals surface area contributed by atoms with Gasteiger partial charge in [0, 0.05) is 6.42 Å². The van der Waals surface area contributed by atoms with Crippen LogP contribution in [-0.2, 0) is 23.8 Å².